The van der Waals surface area contributed by atoms with Crippen LogP contribution in [0.4, 0.5) is 5.13 Å². The van der Waals surface area contributed by atoms with E-state index in [1.807, 2.05) is 0 Å². The Labute approximate surface area is 85.8 Å². The van der Waals surface area contributed by atoms with Crippen molar-refractivity contribution in [1.82, 2.24) is 4.98 Å². The van der Waals surface area contributed by atoms with Crippen molar-refractivity contribution in [1.29, 1.82) is 0 Å². The molecule has 0 spiro atoms. The standard InChI is InChI=1S/C8H11ClN2OS/c9-6-4-10-7(13-6)11-5-8(12)2-1-3-8/h4,12H,1-3,5H2,(H,10,11). The fourth-order valence-corrected chi connectivity index (χ4v) is 2.15. The van der Waals surface area contributed by atoms with Crippen molar-refractivity contribution in [3.05, 3.63) is 10.5 Å². The fourth-order valence-electron chi connectivity index (χ4n) is 1.34. The molecule has 1 heterocycles. The van der Waals surface area contributed by atoms with Gasteiger partial charge in [-0.15, -0.1) is 0 Å². The van der Waals surface area contributed by atoms with Crippen molar-refractivity contribution in [3.8, 4) is 0 Å². The molecule has 2 N–H and O–H groups in total. The van der Waals surface area contributed by atoms with Crippen molar-refractivity contribution in [2.75, 3.05) is 11.9 Å². The van der Waals surface area contributed by atoms with E-state index in [1.54, 1.807) is 6.20 Å². The minimum Gasteiger partial charge on any atom is -0.388 e. The highest BCUT2D eigenvalue weighted by Gasteiger charge is 2.34. The summed E-state index contributed by atoms with van der Waals surface area (Å²) in [4.78, 5) is 4.04. The Morgan fingerprint density at radius 3 is 2.92 bits per heavy atom. The molecule has 3 nitrogen and oxygen atoms in total. The minimum absolute atomic E-state index is 0.502. The van der Waals surface area contributed by atoms with Crippen LogP contribution in [0.2, 0.25) is 4.34 Å². The van der Waals surface area contributed by atoms with Crippen molar-refractivity contribution < 1.29 is 5.11 Å². The van der Waals surface area contributed by atoms with Gasteiger partial charge in [0.05, 0.1) is 11.8 Å². The average Bonchev–Trinajstić information content (AvgIpc) is 2.44. The molecule has 0 atom stereocenters. The number of aromatic nitrogens is 1. The Morgan fingerprint density at radius 1 is 1.69 bits per heavy atom. The van der Waals surface area contributed by atoms with Gasteiger partial charge in [-0.05, 0) is 19.3 Å². The third kappa shape index (κ3) is 2.13. The minimum atomic E-state index is -0.502. The average molecular weight is 219 g/mol. The summed E-state index contributed by atoms with van der Waals surface area (Å²) in [5, 5.41) is 13.6. The Hall–Kier alpha value is -0.320. The second-order valence-electron chi connectivity index (χ2n) is 3.40. The zero-order valence-corrected chi connectivity index (χ0v) is 8.66. The van der Waals surface area contributed by atoms with Crippen LogP contribution in [0, 0.1) is 0 Å². The molecule has 0 amide bonds. The van der Waals surface area contributed by atoms with Crippen molar-refractivity contribution in [3.63, 3.8) is 0 Å². The first kappa shape index (κ1) is 9.24. The Balaban J connectivity index is 1.85. The molecule has 13 heavy (non-hydrogen) atoms. The summed E-state index contributed by atoms with van der Waals surface area (Å²) in [7, 11) is 0. The molecule has 0 aromatic carbocycles. The van der Waals surface area contributed by atoms with Crippen LogP contribution in [0.1, 0.15) is 19.3 Å². The normalized spacial score (nSPS) is 19.5. The molecule has 0 bridgehead atoms. The van der Waals surface area contributed by atoms with E-state index in [4.69, 9.17) is 11.6 Å². The molecule has 1 saturated carbocycles. The molecular weight excluding hydrogens is 208 g/mol. The quantitative estimate of drug-likeness (QED) is 0.817. The van der Waals surface area contributed by atoms with Crippen LogP contribution in [-0.4, -0.2) is 22.2 Å². The van der Waals surface area contributed by atoms with Crippen LogP contribution >= 0.6 is 22.9 Å². The third-order valence-electron chi connectivity index (χ3n) is 2.33. The summed E-state index contributed by atoms with van der Waals surface area (Å²) in [6.07, 6.45) is 4.51. The van der Waals surface area contributed by atoms with Gasteiger partial charge in [-0.3, -0.25) is 0 Å². The molecule has 5 heteroatoms. The zero-order valence-electron chi connectivity index (χ0n) is 7.09. The lowest BCUT2D eigenvalue weighted by molar-refractivity contribution is -0.0201. The highest BCUT2D eigenvalue weighted by molar-refractivity contribution is 7.19. The van der Waals surface area contributed by atoms with E-state index in [0.29, 0.717) is 10.9 Å². The summed E-state index contributed by atoms with van der Waals surface area (Å²) >= 11 is 7.11. The molecule has 1 aliphatic carbocycles. The Bertz CT molecular complexity index is 298. The lowest BCUT2D eigenvalue weighted by Gasteiger charge is -2.36. The van der Waals surface area contributed by atoms with Crippen LogP contribution in [0.25, 0.3) is 0 Å². The molecule has 72 valence electrons. The first-order chi connectivity index (χ1) is 6.18. The van der Waals surface area contributed by atoms with Gasteiger partial charge in [-0.1, -0.05) is 22.9 Å². The number of nitrogens with zero attached hydrogens (tertiary/aromatic N) is 1. The van der Waals surface area contributed by atoms with E-state index in [9.17, 15) is 5.11 Å². The molecule has 0 aliphatic heterocycles. The molecule has 1 aromatic heterocycles. The molecule has 0 radical (unpaired) electrons. The summed E-state index contributed by atoms with van der Waals surface area (Å²) < 4.78 is 0.670. The number of thiazole rings is 1. The molecule has 1 fully saturated rings. The largest absolute Gasteiger partial charge is 0.388 e. The van der Waals surface area contributed by atoms with Gasteiger partial charge in [0, 0.05) is 6.54 Å². The second kappa shape index (κ2) is 3.44. The lowest BCUT2D eigenvalue weighted by Crippen LogP contribution is -2.43. The maximum Gasteiger partial charge on any atom is 0.184 e. The maximum atomic E-state index is 9.76. The van der Waals surface area contributed by atoms with Gasteiger partial charge in [0.15, 0.2) is 5.13 Å². The van der Waals surface area contributed by atoms with Gasteiger partial charge in [-0.2, -0.15) is 0 Å². The predicted octanol–water partition coefficient (Wildman–Crippen LogP) is 2.12. The topological polar surface area (TPSA) is 45.1 Å². The van der Waals surface area contributed by atoms with E-state index in [-0.39, 0.29) is 0 Å². The summed E-state index contributed by atoms with van der Waals surface area (Å²) in [6, 6.07) is 0. The van der Waals surface area contributed by atoms with Crippen LogP contribution in [0.5, 0.6) is 0 Å². The summed E-state index contributed by atoms with van der Waals surface area (Å²) in [6.45, 7) is 0.580. The van der Waals surface area contributed by atoms with Crippen LogP contribution < -0.4 is 5.32 Å². The van der Waals surface area contributed by atoms with Crippen molar-refractivity contribution in [2.24, 2.45) is 0 Å². The molecule has 0 unspecified atom stereocenters. The van der Waals surface area contributed by atoms with E-state index in [0.717, 1.165) is 24.4 Å². The summed E-state index contributed by atoms with van der Waals surface area (Å²) in [5.74, 6) is 0. The number of rotatable bonds is 3. The highest BCUT2D eigenvalue weighted by atomic mass is 35.5. The van der Waals surface area contributed by atoms with E-state index in [1.165, 1.54) is 11.3 Å². The number of hydrogen-bond acceptors (Lipinski definition) is 4. The SMILES string of the molecule is OC1(CNc2ncc(Cl)s2)CCC1. The van der Waals surface area contributed by atoms with Gasteiger partial charge in [-0.25, -0.2) is 4.98 Å². The summed E-state index contributed by atoms with van der Waals surface area (Å²) in [5.41, 5.74) is -0.502. The molecule has 1 aromatic rings. The molecular formula is C8H11ClN2OS. The number of aliphatic hydroxyl groups is 1. The number of nitrogens with one attached hydrogen (secondary N) is 1. The highest BCUT2D eigenvalue weighted by Crippen LogP contribution is 2.32. The first-order valence-electron chi connectivity index (χ1n) is 4.26. The predicted molar refractivity (Wildman–Crippen MR) is 54.4 cm³/mol. The molecule has 0 saturated heterocycles. The number of anilines is 1. The van der Waals surface area contributed by atoms with Gasteiger partial charge >= 0.3 is 0 Å². The zero-order chi connectivity index (χ0) is 9.31. The van der Waals surface area contributed by atoms with Gasteiger partial charge in [0.25, 0.3) is 0 Å². The molecule has 1 aliphatic rings. The van der Waals surface area contributed by atoms with Crippen molar-refractivity contribution >= 4 is 28.1 Å². The smallest absolute Gasteiger partial charge is 0.184 e. The van der Waals surface area contributed by atoms with E-state index in [2.05, 4.69) is 10.3 Å². The Kier molecular flexibility index (Phi) is 2.45. The molecule has 2 rings (SSSR count). The Morgan fingerprint density at radius 2 is 2.46 bits per heavy atom. The number of hydrogen-bond donors (Lipinski definition) is 2. The van der Waals surface area contributed by atoms with Crippen molar-refractivity contribution in [2.45, 2.75) is 24.9 Å². The van der Waals surface area contributed by atoms with Gasteiger partial charge in [0.1, 0.15) is 4.34 Å². The fraction of sp³-hybridized carbons (Fsp3) is 0.625. The second-order valence-corrected chi connectivity index (χ2v) is 5.06. The van der Waals surface area contributed by atoms with E-state index >= 15 is 0 Å². The maximum absolute atomic E-state index is 9.76. The van der Waals surface area contributed by atoms with Crippen LogP contribution in [0.15, 0.2) is 6.20 Å². The third-order valence-corrected chi connectivity index (χ3v) is 3.40. The van der Waals surface area contributed by atoms with Crippen LogP contribution in [0.3, 0.4) is 0 Å². The lowest BCUT2D eigenvalue weighted by atomic mass is 9.80. The first-order valence-corrected chi connectivity index (χ1v) is 5.45. The van der Waals surface area contributed by atoms with E-state index < -0.39 is 5.60 Å². The number of halogens is 1. The van der Waals surface area contributed by atoms with Gasteiger partial charge < -0.3 is 10.4 Å². The monoisotopic (exact) mass is 218 g/mol. The van der Waals surface area contributed by atoms with Gasteiger partial charge in [0.2, 0.25) is 0 Å². The van der Waals surface area contributed by atoms with Crippen LogP contribution in [-0.2, 0) is 0 Å².